The largest absolute Gasteiger partial charge is 0.458 e. The summed E-state index contributed by atoms with van der Waals surface area (Å²) < 4.78 is 23.7. The molecule has 0 aromatic heterocycles. The summed E-state index contributed by atoms with van der Waals surface area (Å²) in [6, 6.07) is 9.23. The molecule has 1 aromatic rings. The highest BCUT2D eigenvalue weighted by molar-refractivity contribution is 5.97. The van der Waals surface area contributed by atoms with Crippen molar-refractivity contribution >= 4 is 29.4 Å². The van der Waals surface area contributed by atoms with Gasteiger partial charge in [0.15, 0.2) is 12.1 Å². The Balaban J connectivity index is 1.39. The van der Waals surface area contributed by atoms with Gasteiger partial charge in [-0.1, -0.05) is 37.3 Å². The molecule has 4 aliphatic rings. The van der Waals surface area contributed by atoms with Crippen LogP contribution in [0.5, 0.6) is 0 Å². The van der Waals surface area contributed by atoms with Crippen LogP contribution in [0.15, 0.2) is 48.6 Å². The Morgan fingerprint density at radius 3 is 2.55 bits per heavy atom. The summed E-state index contributed by atoms with van der Waals surface area (Å²) in [5.74, 6) is -2.72. The first kappa shape index (κ1) is 35.3. The fraction of sp³-hybridized carbons (Fsp3) is 0.622. The van der Waals surface area contributed by atoms with Gasteiger partial charge in [0.1, 0.15) is 23.8 Å². The molecule has 11 atom stereocenters. The second kappa shape index (κ2) is 13.8. The predicted molar refractivity (Wildman–Crippen MR) is 172 cm³/mol. The normalized spacial score (nSPS) is 39.5. The molecule has 256 valence electrons. The number of allylic oxidation sites excluding steroid dienone is 1. The first-order chi connectivity index (χ1) is 22.2. The van der Waals surface area contributed by atoms with Crippen LogP contribution in [0.4, 0.5) is 0 Å². The maximum Gasteiger partial charge on any atom is 0.331 e. The minimum absolute atomic E-state index is 0.0267. The van der Waals surface area contributed by atoms with Gasteiger partial charge in [0, 0.05) is 49.7 Å². The molecule has 0 unspecified atom stereocenters. The summed E-state index contributed by atoms with van der Waals surface area (Å²) in [6.45, 7) is 6.73. The maximum atomic E-state index is 13.7. The topological polar surface area (TPSA) is 146 Å². The average molecular weight is 653 g/mol. The fourth-order valence-corrected chi connectivity index (χ4v) is 8.39. The third-order valence-electron chi connectivity index (χ3n) is 11.5. The van der Waals surface area contributed by atoms with E-state index in [0.29, 0.717) is 25.7 Å². The minimum Gasteiger partial charge on any atom is -0.458 e. The number of aliphatic hydroxyl groups is 2. The number of esters is 1. The van der Waals surface area contributed by atoms with Crippen molar-refractivity contribution in [1.29, 1.82) is 0 Å². The zero-order chi connectivity index (χ0) is 34.1. The summed E-state index contributed by atoms with van der Waals surface area (Å²) in [7, 11) is 1.53. The van der Waals surface area contributed by atoms with Crippen LogP contribution in [0.25, 0.3) is 6.08 Å². The summed E-state index contributed by atoms with van der Waals surface area (Å²) in [4.78, 5) is 53.3. The van der Waals surface area contributed by atoms with E-state index in [1.165, 1.54) is 32.3 Å². The van der Waals surface area contributed by atoms with Crippen LogP contribution >= 0.6 is 0 Å². The fourth-order valence-electron chi connectivity index (χ4n) is 8.39. The van der Waals surface area contributed by atoms with E-state index in [9.17, 15) is 29.4 Å². The van der Waals surface area contributed by atoms with Gasteiger partial charge in [-0.05, 0) is 70.2 Å². The van der Waals surface area contributed by atoms with Gasteiger partial charge < -0.3 is 29.2 Å². The van der Waals surface area contributed by atoms with Crippen molar-refractivity contribution in [2.75, 3.05) is 7.11 Å². The van der Waals surface area contributed by atoms with E-state index < -0.39 is 71.0 Å². The Hall–Kier alpha value is -3.02. The summed E-state index contributed by atoms with van der Waals surface area (Å²) in [5, 5.41) is 22.5. The van der Waals surface area contributed by atoms with Crippen molar-refractivity contribution in [3.8, 4) is 0 Å². The highest BCUT2D eigenvalue weighted by Gasteiger charge is 2.61. The number of rotatable bonds is 10. The Labute approximate surface area is 276 Å². The van der Waals surface area contributed by atoms with Crippen LogP contribution in [0.2, 0.25) is 0 Å². The van der Waals surface area contributed by atoms with Crippen LogP contribution < -0.4 is 0 Å². The molecule has 1 heterocycles. The number of fused-ring (bicyclic) bond motifs is 1. The zero-order valence-corrected chi connectivity index (χ0v) is 27.9. The molecule has 0 amide bonds. The Morgan fingerprint density at radius 2 is 1.87 bits per heavy atom. The molecule has 10 nitrogen and oxygen atoms in total. The van der Waals surface area contributed by atoms with Crippen LogP contribution in [0.3, 0.4) is 0 Å². The molecule has 10 heteroatoms. The van der Waals surface area contributed by atoms with E-state index in [-0.39, 0.29) is 36.6 Å². The number of hydrogen-bond acceptors (Lipinski definition) is 10. The Bertz CT molecular complexity index is 1400. The maximum absolute atomic E-state index is 13.7. The molecular weight excluding hydrogens is 604 g/mol. The number of hydrogen-bond donors (Lipinski definition) is 2. The number of carbonyl (C=O) groups is 4. The average Bonchev–Trinajstić information content (AvgIpc) is 3.35. The summed E-state index contributed by atoms with van der Waals surface area (Å²) >= 11 is 0. The van der Waals surface area contributed by atoms with E-state index in [4.69, 9.17) is 18.9 Å². The number of aliphatic hydroxyl groups excluding tert-OH is 1. The third kappa shape index (κ3) is 6.81. The van der Waals surface area contributed by atoms with E-state index in [1.54, 1.807) is 19.9 Å². The van der Waals surface area contributed by atoms with Gasteiger partial charge in [-0.25, -0.2) is 4.79 Å². The molecule has 1 aliphatic heterocycles. The molecule has 2 N–H and O–H groups in total. The van der Waals surface area contributed by atoms with Gasteiger partial charge in [0.2, 0.25) is 0 Å². The van der Waals surface area contributed by atoms with Crippen LogP contribution in [-0.4, -0.2) is 83.1 Å². The quantitative estimate of drug-likeness (QED) is 0.279. The molecule has 1 saturated heterocycles. The monoisotopic (exact) mass is 652 g/mol. The van der Waals surface area contributed by atoms with E-state index >= 15 is 0 Å². The number of Topliss-reactive ketones (excluding diaryl/α,β-unsaturated/α-hetero) is 2. The number of ketones is 3. The molecule has 2 saturated carbocycles. The van der Waals surface area contributed by atoms with Crippen LogP contribution in [0.1, 0.15) is 78.2 Å². The van der Waals surface area contributed by atoms with E-state index in [1.807, 2.05) is 37.3 Å². The van der Waals surface area contributed by atoms with Gasteiger partial charge >= 0.3 is 5.97 Å². The highest BCUT2D eigenvalue weighted by Crippen LogP contribution is 2.56. The molecule has 0 spiro atoms. The van der Waals surface area contributed by atoms with E-state index in [0.717, 1.165) is 5.56 Å². The van der Waals surface area contributed by atoms with Gasteiger partial charge in [0.25, 0.3) is 0 Å². The minimum atomic E-state index is -1.45. The van der Waals surface area contributed by atoms with Gasteiger partial charge in [-0.2, -0.15) is 0 Å². The molecule has 47 heavy (non-hydrogen) atoms. The molecule has 3 aliphatic carbocycles. The molecule has 1 aromatic carbocycles. The SMILES string of the molecule is CO[C@H]1C[C@H](O[C@H]2CC[C@]3(C)[C@@H](C[C@@H](OC(=O)/C=C/c4ccccc4)[C@@]4(C)C(=O)CC[C@@H]4C(C)=O)C(=O)C=C[C@]3(O)C2)O[C@H](C)[C@H]1O. The molecule has 0 bridgehead atoms. The summed E-state index contributed by atoms with van der Waals surface area (Å²) in [5.41, 5.74) is -2.96. The van der Waals surface area contributed by atoms with Gasteiger partial charge in [0.05, 0.1) is 29.3 Å². The number of methoxy groups -OCH3 is 1. The van der Waals surface area contributed by atoms with Crippen molar-refractivity contribution in [3.63, 3.8) is 0 Å². The predicted octanol–water partition coefficient (Wildman–Crippen LogP) is 4.15. The molecular formula is C37H48O10. The zero-order valence-electron chi connectivity index (χ0n) is 27.9. The van der Waals surface area contributed by atoms with Gasteiger partial charge in [-0.15, -0.1) is 0 Å². The first-order valence-electron chi connectivity index (χ1n) is 16.7. The van der Waals surface area contributed by atoms with Crippen molar-refractivity contribution in [2.45, 2.75) is 115 Å². The number of carbonyl (C=O) groups excluding carboxylic acids is 4. The van der Waals surface area contributed by atoms with Crippen molar-refractivity contribution in [3.05, 3.63) is 54.1 Å². The first-order valence-corrected chi connectivity index (χ1v) is 16.7. The second-order valence-electron chi connectivity index (χ2n) is 14.2. The van der Waals surface area contributed by atoms with E-state index in [2.05, 4.69) is 0 Å². The second-order valence-corrected chi connectivity index (χ2v) is 14.2. The standard InChI is InChI=1S/C37H48O10/c1-22(38)26-12-13-30(40)36(26,4)31(47-32(41)14-11-24-9-7-6-8-10-24)19-27-28(39)16-18-37(43)21-25(15-17-35(27,37)3)46-33-20-29(44-5)34(42)23(2)45-33/h6-11,14,16,18,23,25-27,29,31,33-34,42-43H,12-13,15,17,19-21H2,1-5H3/b14-11+/t23-,25+,26-,27+,29+,31-,33+,34-,35-,36-,37+/m1/s1. The van der Waals surface area contributed by atoms with Crippen LogP contribution in [-0.2, 0) is 38.1 Å². The molecule has 3 fully saturated rings. The van der Waals surface area contributed by atoms with Crippen molar-refractivity contribution < 1.29 is 48.3 Å². The lowest BCUT2D eigenvalue weighted by Gasteiger charge is -2.55. The third-order valence-corrected chi connectivity index (χ3v) is 11.5. The molecule has 0 radical (unpaired) electrons. The lowest BCUT2D eigenvalue weighted by molar-refractivity contribution is -0.275. The molecule has 5 rings (SSSR count). The smallest absolute Gasteiger partial charge is 0.331 e. The number of ether oxygens (including phenoxy) is 4. The van der Waals surface area contributed by atoms with Crippen molar-refractivity contribution in [1.82, 2.24) is 0 Å². The Kier molecular flexibility index (Phi) is 10.4. The lowest BCUT2D eigenvalue weighted by atomic mass is 9.52. The van der Waals surface area contributed by atoms with Crippen molar-refractivity contribution in [2.24, 2.45) is 22.7 Å². The lowest BCUT2D eigenvalue weighted by Crippen LogP contribution is -2.60. The number of benzene rings is 1. The highest BCUT2D eigenvalue weighted by atomic mass is 16.7. The Morgan fingerprint density at radius 1 is 1.15 bits per heavy atom. The summed E-state index contributed by atoms with van der Waals surface area (Å²) in [6.07, 6.45) is 3.93. The van der Waals surface area contributed by atoms with Crippen LogP contribution in [0, 0.1) is 22.7 Å². The van der Waals surface area contributed by atoms with Gasteiger partial charge in [-0.3, -0.25) is 14.4 Å².